The van der Waals surface area contributed by atoms with Crippen LogP contribution in [-0.4, -0.2) is 92.8 Å². The zero-order valence-corrected chi connectivity index (χ0v) is 22.1. The molecular formula is C24H46N4O8. The lowest BCUT2D eigenvalue weighted by Crippen LogP contribution is -2.48. The molecule has 0 spiro atoms. The van der Waals surface area contributed by atoms with E-state index in [0.29, 0.717) is 32.8 Å². The Hall–Kier alpha value is -2.76. The van der Waals surface area contributed by atoms with Gasteiger partial charge in [-0.1, -0.05) is 40.0 Å². The summed E-state index contributed by atoms with van der Waals surface area (Å²) in [7, 11) is 0. The van der Waals surface area contributed by atoms with Gasteiger partial charge in [-0.05, 0) is 25.7 Å². The molecule has 0 aromatic heterocycles. The Bertz CT molecular complexity index is 593. The number of aliphatic carboxylic acids is 1. The van der Waals surface area contributed by atoms with Crippen LogP contribution in [0.25, 0.3) is 0 Å². The maximum Gasteiger partial charge on any atom is 0.407 e. The number of hydrogen-bond acceptors (Lipinski definition) is 8. The topological polar surface area (TPSA) is 156 Å². The van der Waals surface area contributed by atoms with Gasteiger partial charge in [0.25, 0.3) is 0 Å². The molecule has 0 fully saturated rings. The third-order valence-corrected chi connectivity index (χ3v) is 5.10. The Morgan fingerprint density at radius 2 is 1.19 bits per heavy atom. The van der Waals surface area contributed by atoms with E-state index < -0.39 is 30.3 Å². The van der Waals surface area contributed by atoms with E-state index in [0.717, 1.165) is 38.5 Å². The maximum absolute atomic E-state index is 12.2. The zero-order chi connectivity index (χ0) is 27.0. The van der Waals surface area contributed by atoms with Crippen molar-refractivity contribution in [3.05, 3.63) is 0 Å². The van der Waals surface area contributed by atoms with E-state index in [1.165, 1.54) is 0 Å². The Balaban J connectivity index is 4.95. The Morgan fingerprint density at radius 3 is 1.61 bits per heavy atom. The van der Waals surface area contributed by atoms with E-state index in [1.54, 1.807) is 0 Å². The summed E-state index contributed by atoms with van der Waals surface area (Å²) in [5.74, 6) is -0.972. The Morgan fingerprint density at radius 1 is 0.750 bits per heavy atom. The molecule has 1 atom stereocenters. The van der Waals surface area contributed by atoms with Crippen LogP contribution in [0, 0.1) is 0 Å². The van der Waals surface area contributed by atoms with Crippen LogP contribution in [-0.2, 0) is 19.0 Å². The molecule has 3 amide bonds. The van der Waals surface area contributed by atoms with Gasteiger partial charge in [-0.2, -0.15) is 0 Å². The summed E-state index contributed by atoms with van der Waals surface area (Å²) >= 11 is 0. The number of unbranched alkanes of at least 4 members (excludes halogenated alkanes) is 3. The number of carbonyl (C=O) groups is 4. The minimum atomic E-state index is -0.972. The molecule has 0 aliphatic carbocycles. The molecule has 36 heavy (non-hydrogen) atoms. The first-order chi connectivity index (χ1) is 17.3. The van der Waals surface area contributed by atoms with E-state index in [9.17, 15) is 19.2 Å². The van der Waals surface area contributed by atoms with Crippen LogP contribution in [0.4, 0.5) is 14.4 Å². The first kappa shape index (κ1) is 33.2. The molecule has 0 aromatic carbocycles. The quantitative estimate of drug-likeness (QED) is 0.132. The van der Waals surface area contributed by atoms with Crippen molar-refractivity contribution in [2.45, 2.75) is 78.2 Å². The van der Waals surface area contributed by atoms with Crippen molar-refractivity contribution in [3.8, 4) is 0 Å². The molecule has 0 aliphatic heterocycles. The summed E-state index contributed by atoms with van der Waals surface area (Å²) in [4.78, 5) is 48.9. The third kappa shape index (κ3) is 20.6. The number of ether oxygens (including phenoxy) is 3. The van der Waals surface area contributed by atoms with Gasteiger partial charge >= 0.3 is 24.2 Å². The summed E-state index contributed by atoms with van der Waals surface area (Å²) in [6.07, 6.45) is 3.46. The molecule has 12 nitrogen and oxygen atoms in total. The number of carbonyl (C=O) groups excluding carboxylic acids is 3. The fraction of sp³-hybridized carbons (Fsp3) is 0.833. The number of alkyl carbamates (subject to hydrolysis) is 3. The molecule has 0 rings (SSSR count). The highest BCUT2D eigenvalue weighted by Gasteiger charge is 2.19. The molecule has 0 radical (unpaired) electrons. The lowest BCUT2D eigenvalue weighted by molar-refractivity contribution is -0.137. The number of amides is 3. The highest BCUT2D eigenvalue weighted by molar-refractivity contribution is 5.69. The van der Waals surface area contributed by atoms with Crippen molar-refractivity contribution in [1.82, 2.24) is 20.9 Å². The molecular weight excluding hydrogens is 472 g/mol. The van der Waals surface area contributed by atoms with Gasteiger partial charge in [-0.25, -0.2) is 14.4 Å². The third-order valence-electron chi connectivity index (χ3n) is 5.10. The number of carboxylic acids is 1. The molecule has 4 N–H and O–H groups in total. The normalized spacial score (nSPS) is 11.4. The molecule has 1 unspecified atom stereocenters. The van der Waals surface area contributed by atoms with Gasteiger partial charge in [0, 0.05) is 45.2 Å². The molecule has 0 heterocycles. The molecule has 12 heteroatoms. The molecule has 0 saturated carbocycles. The highest BCUT2D eigenvalue weighted by Crippen LogP contribution is 2.03. The number of nitrogens with one attached hydrogen (secondary N) is 3. The molecule has 210 valence electrons. The van der Waals surface area contributed by atoms with E-state index in [1.807, 2.05) is 25.7 Å². The predicted molar refractivity (Wildman–Crippen MR) is 135 cm³/mol. The van der Waals surface area contributed by atoms with Crippen molar-refractivity contribution >= 4 is 24.2 Å². The van der Waals surface area contributed by atoms with Crippen LogP contribution in [0.15, 0.2) is 0 Å². The minimum absolute atomic E-state index is 0.127. The Labute approximate surface area is 214 Å². The molecule has 0 saturated heterocycles. The van der Waals surface area contributed by atoms with Crippen molar-refractivity contribution in [2.75, 3.05) is 52.5 Å². The van der Waals surface area contributed by atoms with Gasteiger partial charge in [0.2, 0.25) is 0 Å². The summed E-state index contributed by atoms with van der Waals surface area (Å²) in [5, 5.41) is 17.2. The fourth-order valence-electron chi connectivity index (χ4n) is 2.98. The monoisotopic (exact) mass is 518 g/mol. The summed E-state index contributed by atoms with van der Waals surface area (Å²) in [6, 6.07) is -0.497. The number of rotatable bonds is 21. The first-order valence-electron chi connectivity index (χ1n) is 13.0. The van der Waals surface area contributed by atoms with Gasteiger partial charge in [0.05, 0.1) is 19.8 Å². The standard InChI is InChI=1S/C24H46N4O8/c1-4-7-16-34-22(31)25-12-14-28(15-13-26-23(32)35-17-8-5-2)19-20(10-11-21(29)30)27-24(33)36-18-9-6-3/h20H,4-19H2,1-3H3,(H,25,31)(H,26,32)(H,27,33)(H,29,30). The van der Waals surface area contributed by atoms with Crippen molar-refractivity contribution in [1.29, 1.82) is 0 Å². The molecule has 0 bridgehead atoms. The second-order valence-corrected chi connectivity index (χ2v) is 8.40. The average Bonchev–Trinajstić information content (AvgIpc) is 2.82. The predicted octanol–water partition coefficient (Wildman–Crippen LogP) is 3.10. The van der Waals surface area contributed by atoms with E-state index in [2.05, 4.69) is 16.0 Å². The second kappa shape index (κ2) is 22.7. The number of carboxylic acid groups (broad SMARTS) is 1. The number of hydrogen-bond donors (Lipinski definition) is 4. The van der Waals surface area contributed by atoms with Crippen molar-refractivity contribution in [3.63, 3.8) is 0 Å². The van der Waals surface area contributed by atoms with Crippen molar-refractivity contribution < 1.29 is 38.5 Å². The SMILES string of the molecule is CCCCOC(=O)NCCN(CCNC(=O)OCCCC)CC(CCC(=O)O)NC(=O)OCCCC. The smallest absolute Gasteiger partial charge is 0.407 e. The van der Waals surface area contributed by atoms with Crippen LogP contribution in [0.5, 0.6) is 0 Å². The largest absolute Gasteiger partial charge is 0.481 e. The molecule has 0 aromatic rings. The van der Waals surface area contributed by atoms with Crippen LogP contribution in [0.2, 0.25) is 0 Å². The summed E-state index contributed by atoms with van der Waals surface area (Å²) in [6.45, 7) is 8.60. The van der Waals surface area contributed by atoms with Crippen LogP contribution in [0.1, 0.15) is 72.1 Å². The van der Waals surface area contributed by atoms with Gasteiger partial charge < -0.3 is 35.3 Å². The highest BCUT2D eigenvalue weighted by atomic mass is 16.6. The van der Waals surface area contributed by atoms with Crippen LogP contribution >= 0.6 is 0 Å². The van der Waals surface area contributed by atoms with Crippen LogP contribution in [0.3, 0.4) is 0 Å². The molecule has 0 aliphatic rings. The lowest BCUT2D eigenvalue weighted by atomic mass is 10.1. The van der Waals surface area contributed by atoms with E-state index in [4.69, 9.17) is 19.3 Å². The average molecular weight is 519 g/mol. The second-order valence-electron chi connectivity index (χ2n) is 8.40. The fourth-order valence-corrected chi connectivity index (χ4v) is 2.98. The van der Waals surface area contributed by atoms with Gasteiger partial charge in [0.15, 0.2) is 0 Å². The number of nitrogens with zero attached hydrogens (tertiary/aromatic N) is 1. The van der Waals surface area contributed by atoms with Gasteiger partial charge in [-0.15, -0.1) is 0 Å². The van der Waals surface area contributed by atoms with Gasteiger partial charge in [0.1, 0.15) is 0 Å². The van der Waals surface area contributed by atoms with E-state index >= 15 is 0 Å². The first-order valence-corrected chi connectivity index (χ1v) is 13.0. The Kier molecular flexibility index (Phi) is 20.9. The minimum Gasteiger partial charge on any atom is -0.481 e. The van der Waals surface area contributed by atoms with Gasteiger partial charge in [-0.3, -0.25) is 9.69 Å². The summed E-state index contributed by atoms with van der Waals surface area (Å²) in [5.41, 5.74) is 0. The lowest BCUT2D eigenvalue weighted by Gasteiger charge is -2.28. The van der Waals surface area contributed by atoms with Crippen molar-refractivity contribution in [2.24, 2.45) is 0 Å². The van der Waals surface area contributed by atoms with E-state index in [-0.39, 0.29) is 32.5 Å². The maximum atomic E-state index is 12.2. The summed E-state index contributed by atoms with van der Waals surface area (Å²) < 4.78 is 15.3. The zero-order valence-electron chi connectivity index (χ0n) is 22.1. The van der Waals surface area contributed by atoms with Crippen LogP contribution < -0.4 is 16.0 Å².